The second kappa shape index (κ2) is 7.83. The molecule has 0 saturated heterocycles. The number of rotatable bonds is 5. The predicted molar refractivity (Wildman–Crippen MR) is 98.4 cm³/mol. The molecule has 0 aliphatic rings. The Morgan fingerprint density at radius 1 is 1.25 bits per heavy atom. The van der Waals surface area contributed by atoms with E-state index in [0.29, 0.717) is 25.5 Å². The molecule has 0 fully saturated rings. The minimum atomic E-state index is -0.322. The summed E-state index contributed by atoms with van der Waals surface area (Å²) in [4.78, 5) is 18.0. The maximum atomic E-state index is 11.8. The van der Waals surface area contributed by atoms with Gasteiger partial charge in [0.25, 0.3) is 0 Å². The molecule has 2 aromatic rings. The second-order valence-electron chi connectivity index (χ2n) is 6.48. The third-order valence-corrected chi connectivity index (χ3v) is 4.10. The first-order chi connectivity index (χ1) is 11.3. The fraction of sp³-hybridized carbons (Fsp3) is 0.444. The highest BCUT2D eigenvalue weighted by molar-refractivity contribution is 9.10. The Hall–Kier alpha value is -1.82. The molecule has 0 aliphatic carbocycles. The Morgan fingerprint density at radius 3 is 2.67 bits per heavy atom. The van der Waals surface area contributed by atoms with Crippen LogP contribution in [0.3, 0.4) is 0 Å². The number of pyridine rings is 1. The van der Waals surface area contributed by atoms with Crippen LogP contribution in [0.15, 0.2) is 34.8 Å². The highest BCUT2D eigenvalue weighted by Crippen LogP contribution is 2.21. The number of ether oxygens (including phenoxy) is 2. The molecule has 0 spiro atoms. The van der Waals surface area contributed by atoms with E-state index in [4.69, 9.17) is 9.47 Å². The van der Waals surface area contributed by atoms with Crippen molar-refractivity contribution >= 4 is 32.9 Å². The van der Waals surface area contributed by atoms with Gasteiger partial charge in [-0.3, -0.25) is 0 Å². The SMILES string of the molecule is COC(=O)N(CCCOc1ccc2cc(Br)ccc2n1)C(C)(C)C. The standard InChI is InChI=1S/C18H23BrN2O3/c1-18(2,3)21(17(22)23-4)10-5-11-24-16-9-6-13-12-14(19)7-8-15(13)20-16/h6-9,12H,5,10-11H2,1-4H3. The van der Waals surface area contributed by atoms with Gasteiger partial charge in [-0.1, -0.05) is 15.9 Å². The number of benzene rings is 1. The van der Waals surface area contributed by atoms with Gasteiger partial charge in [0.1, 0.15) is 0 Å². The van der Waals surface area contributed by atoms with Crippen LogP contribution in [0.4, 0.5) is 4.79 Å². The summed E-state index contributed by atoms with van der Waals surface area (Å²) in [7, 11) is 1.40. The van der Waals surface area contributed by atoms with Crippen molar-refractivity contribution in [2.75, 3.05) is 20.3 Å². The van der Waals surface area contributed by atoms with Gasteiger partial charge in [-0.25, -0.2) is 9.78 Å². The number of aromatic nitrogens is 1. The summed E-state index contributed by atoms with van der Waals surface area (Å²) in [6, 6.07) is 9.76. The van der Waals surface area contributed by atoms with E-state index in [2.05, 4.69) is 20.9 Å². The van der Waals surface area contributed by atoms with Crippen LogP contribution in [0.5, 0.6) is 5.88 Å². The van der Waals surface area contributed by atoms with E-state index >= 15 is 0 Å². The number of amides is 1. The summed E-state index contributed by atoms with van der Waals surface area (Å²) in [6.07, 6.45) is 0.379. The molecule has 0 saturated carbocycles. The molecule has 6 heteroatoms. The molecule has 1 aromatic carbocycles. The third kappa shape index (κ3) is 4.84. The lowest BCUT2D eigenvalue weighted by molar-refractivity contribution is 0.0802. The van der Waals surface area contributed by atoms with Crippen molar-refractivity contribution in [1.29, 1.82) is 0 Å². The monoisotopic (exact) mass is 394 g/mol. The van der Waals surface area contributed by atoms with Gasteiger partial charge in [0.15, 0.2) is 0 Å². The molecule has 0 radical (unpaired) electrons. The average Bonchev–Trinajstić information content (AvgIpc) is 2.53. The molecular weight excluding hydrogens is 372 g/mol. The van der Waals surface area contributed by atoms with Gasteiger partial charge in [0.05, 0.1) is 19.2 Å². The Morgan fingerprint density at radius 2 is 2.00 bits per heavy atom. The molecule has 1 aromatic heterocycles. The number of fused-ring (bicyclic) bond motifs is 1. The minimum Gasteiger partial charge on any atom is -0.478 e. The van der Waals surface area contributed by atoms with Crippen LogP contribution in [0.1, 0.15) is 27.2 Å². The largest absolute Gasteiger partial charge is 0.478 e. The number of nitrogens with zero attached hydrogens (tertiary/aromatic N) is 2. The molecule has 24 heavy (non-hydrogen) atoms. The van der Waals surface area contributed by atoms with E-state index < -0.39 is 0 Å². The fourth-order valence-corrected chi connectivity index (χ4v) is 2.75. The summed E-state index contributed by atoms with van der Waals surface area (Å²) >= 11 is 3.45. The highest BCUT2D eigenvalue weighted by Gasteiger charge is 2.26. The van der Waals surface area contributed by atoms with Gasteiger partial charge in [0, 0.05) is 28.0 Å². The molecule has 0 aliphatic heterocycles. The van der Waals surface area contributed by atoms with Crippen molar-refractivity contribution in [3.05, 3.63) is 34.8 Å². The highest BCUT2D eigenvalue weighted by atomic mass is 79.9. The summed E-state index contributed by atoms with van der Waals surface area (Å²) in [5.41, 5.74) is 0.600. The summed E-state index contributed by atoms with van der Waals surface area (Å²) in [5.74, 6) is 0.588. The first-order valence-electron chi connectivity index (χ1n) is 7.86. The third-order valence-electron chi connectivity index (χ3n) is 3.61. The van der Waals surface area contributed by atoms with E-state index in [1.165, 1.54) is 7.11 Å². The maximum absolute atomic E-state index is 11.8. The number of hydrogen-bond acceptors (Lipinski definition) is 4. The van der Waals surface area contributed by atoms with Gasteiger partial charge in [-0.05, 0) is 51.5 Å². The molecule has 0 unspecified atom stereocenters. The fourth-order valence-electron chi connectivity index (χ4n) is 2.37. The van der Waals surface area contributed by atoms with E-state index in [0.717, 1.165) is 15.4 Å². The molecule has 1 amide bonds. The molecule has 2 rings (SSSR count). The normalized spacial score (nSPS) is 11.4. The van der Waals surface area contributed by atoms with Crippen LogP contribution in [0.25, 0.3) is 10.9 Å². The lowest BCUT2D eigenvalue weighted by atomic mass is 10.1. The summed E-state index contributed by atoms with van der Waals surface area (Å²) in [5, 5.41) is 1.06. The van der Waals surface area contributed by atoms with Crippen LogP contribution in [-0.4, -0.2) is 41.8 Å². The Kier molecular flexibility index (Phi) is 6.04. The zero-order valence-electron chi connectivity index (χ0n) is 14.5. The van der Waals surface area contributed by atoms with Gasteiger partial charge in [0.2, 0.25) is 5.88 Å². The van der Waals surface area contributed by atoms with Gasteiger partial charge in [-0.15, -0.1) is 0 Å². The zero-order chi connectivity index (χ0) is 17.7. The first kappa shape index (κ1) is 18.5. The number of hydrogen-bond donors (Lipinski definition) is 0. The number of methoxy groups -OCH3 is 1. The maximum Gasteiger partial charge on any atom is 0.409 e. The number of carbonyl (C=O) groups is 1. The zero-order valence-corrected chi connectivity index (χ0v) is 16.1. The topological polar surface area (TPSA) is 51.7 Å². The van der Waals surface area contributed by atoms with Crippen molar-refractivity contribution in [1.82, 2.24) is 9.88 Å². The Balaban J connectivity index is 1.91. The van der Waals surface area contributed by atoms with E-state index in [-0.39, 0.29) is 11.6 Å². The van der Waals surface area contributed by atoms with Gasteiger partial charge >= 0.3 is 6.09 Å². The molecular formula is C18H23BrN2O3. The average molecular weight is 395 g/mol. The first-order valence-corrected chi connectivity index (χ1v) is 8.65. The minimum absolute atomic E-state index is 0.290. The summed E-state index contributed by atoms with van der Waals surface area (Å²) in [6.45, 7) is 6.99. The second-order valence-corrected chi connectivity index (χ2v) is 7.40. The van der Waals surface area contributed by atoms with E-state index in [1.807, 2.05) is 51.1 Å². The molecule has 0 N–H and O–H groups in total. The van der Waals surface area contributed by atoms with Crippen molar-refractivity contribution in [2.24, 2.45) is 0 Å². The number of carbonyl (C=O) groups excluding carboxylic acids is 1. The number of halogens is 1. The van der Waals surface area contributed by atoms with Crippen LogP contribution in [-0.2, 0) is 4.74 Å². The van der Waals surface area contributed by atoms with E-state index in [9.17, 15) is 4.79 Å². The van der Waals surface area contributed by atoms with Crippen LogP contribution >= 0.6 is 15.9 Å². The quantitative estimate of drug-likeness (QED) is 0.693. The lowest BCUT2D eigenvalue weighted by Crippen LogP contribution is -2.46. The van der Waals surface area contributed by atoms with Crippen molar-refractivity contribution in [3.63, 3.8) is 0 Å². The predicted octanol–water partition coefficient (Wildman–Crippen LogP) is 4.63. The van der Waals surface area contributed by atoms with E-state index in [1.54, 1.807) is 4.90 Å². The molecule has 0 bridgehead atoms. The van der Waals surface area contributed by atoms with Gasteiger partial charge in [-0.2, -0.15) is 0 Å². The van der Waals surface area contributed by atoms with Gasteiger partial charge < -0.3 is 14.4 Å². The smallest absolute Gasteiger partial charge is 0.409 e. The van der Waals surface area contributed by atoms with Crippen molar-refractivity contribution in [2.45, 2.75) is 32.7 Å². The van der Waals surface area contributed by atoms with Crippen molar-refractivity contribution in [3.8, 4) is 5.88 Å². The molecule has 0 atom stereocenters. The molecule has 1 heterocycles. The van der Waals surface area contributed by atoms with Crippen LogP contribution in [0.2, 0.25) is 0 Å². The molecule has 5 nitrogen and oxygen atoms in total. The summed E-state index contributed by atoms with van der Waals surface area (Å²) < 4.78 is 11.6. The van der Waals surface area contributed by atoms with Crippen LogP contribution in [0, 0.1) is 0 Å². The lowest BCUT2D eigenvalue weighted by Gasteiger charge is -2.34. The Bertz CT molecular complexity index is 713. The Labute approximate surface area is 151 Å². The van der Waals surface area contributed by atoms with Crippen LogP contribution < -0.4 is 4.74 Å². The van der Waals surface area contributed by atoms with Crippen molar-refractivity contribution < 1.29 is 14.3 Å². The molecule has 130 valence electrons.